The fourth-order valence-corrected chi connectivity index (χ4v) is 1.31. The molecule has 0 radical (unpaired) electrons. The second-order valence-electron chi connectivity index (χ2n) is 3.69. The second kappa shape index (κ2) is 6.27. The summed E-state index contributed by atoms with van der Waals surface area (Å²) in [6.45, 7) is 4.55. The highest BCUT2D eigenvalue weighted by Gasteiger charge is 2.14. The van der Waals surface area contributed by atoms with Crippen LogP contribution >= 0.6 is 0 Å². The summed E-state index contributed by atoms with van der Waals surface area (Å²) in [7, 11) is 0. The number of hydrogen-bond acceptors (Lipinski definition) is 3. The van der Waals surface area contributed by atoms with Crippen LogP contribution in [0.3, 0.4) is 0 Å². The van der Waals surface area contributed by atoms with Gasteiger partial charge in [0.15, 0.2) is 0 Å². The summed E-state index contributed by atoms with van der Waals surface area (Å²) in [6, 6.07) is 3.71. The minimum atomic E-state index is -0.146. The molecule has 3 heteroatoms. The van der Waals surface area contributed by atoms with E-state index in [1.807, 2.05) is 19.1 Å². The topological polar surface area (TPSA) is 39.4 Å². The van der Waals surface area contributed by atoms with Crippen LogP contribution in [-0.4, -0.2) is 12.6 Å². The molecule has 0 fully saturated rings. The minimum Gasteiger partial charge on any atom is -0.469 e. The molecule has 1 aromatic heterocycles. The van der Waals surface area contributed by atoms with Crippen molar-refractivity contribution < 1.29 is 13.9 Å². The van der Waals surface area contributed by atoms with Crippen LogP contribution in [0, 0.1) is 0 Å². The van der Waals surface area contributed by atoms with Crippen LogP contribution < -0.4 is 0 Å². The Morgan fingerprint density at radius 2 is 2.40 bits per heavy atom. The summed E-state index contributed by atoms with van der Waals surface area (Å²) in [4.78, 5) is 11.4. The van der Waals surface area contributed by atoms with Crippen molar-refractivity contribution >= 4 is 5.97 Å². The highest BCUT2D eigenvalue weighted by Crippen LogP contribution is 2.19. The maximum absolute atomic E-state index is 11.4. The summed E-state index contributed by atoms with van der Waals surface area (Å²) < 4.78 is 10.3. The van der Waals surface area contributed by atoms with E-state index in [2.05, 4.69) is 6.92 Å². The Hall–Kier alpha value is -1.25. The molecule has 0 saturated carbocycles. The third-order valence-corrected chi connectivity index (χ3v) is 2.26. The van der Waals surface area contributed by atoms with Gasteiger partial charge in [-0.3, -0.25) is 4.79 Å². The van der Waals surface area contributed by atoms with Crippen molar-refractivity contribution in [2.24, 2.45) is 0 Å². The molecule has 0 N–H and O–H groups in total. The zero-order valence-corrected chi connectivity index (χ0v) is 9.36. The molecule has 0 spiro atoms. The van der Waals surface area contributed by atoms with E-state index in [0.29, 0.717) is 13.0 Å². The summed E-state index contributed by atoms with van der Waals surface area (Å²) in [5, 5.41) is 0. The molecule has 0 aliphatic rings. The Morgan fingerprint density at radius 1 is 1.60 bits per heavy atom. The number of carbonyl (C=O) groups is 1. The van der Waals surface area contributed by atoms with Crippen molar-refractivity contribution in [1.82, 2.24) is 0 Å². The lowest BCUT2D eigenvalue weighted by Crippen LogP contribution is -2.09. The molecule has 3 nitrogen and oxygen atoms in total. The van der Waals surface area contributed by atoms with Crippen LogP contribution in [0.5, 0.6) is 0 Å². The van der Waals surface area contributed by atoms with Gasteiger partial charge in [0.25, 0.3) is 0 Å². The number of carbonyl (C=O) groups excluding carboxylic acids is 1. The Morgan fingerprint density at radius 3 is 3.00 bits per heavy atom. The van der Waals surface area contributed by atoms with Crippen LogP contribution in [0.2, 0.25) is 0 Å². The van der Waals surface area contributed by atoms with Gasteiger partial charge < -0.3 is 9.15 Å². The number of hydrogen-bond donors (Lipinski definition) is 0. The van der Waals surface area contributed by atoms with Crippen LogP contribution in [0.15, 0.2) is 22.8 Å². The summed E-state index contributed by atoms with van der Waals surface area (Å²) in [5.41, 5.74) is 0. The van der Waals surface area contributed by atoms with Crippen molar-refractivity contribution in [2.45, 2.75) is 39.0 Å². The molecule has 0 saturated heterocycles. The van der Waals surface area contributed by atoms with Crippen LogP contribution in [0.1, 0.15) is 44.8 Å². The predicted octanol–water partition coefficient (Wildman–Crippen LogP) is 3.12. The first-order valence-electron chi connectivity index (χ1n) is 5.43. The largest absolute Gasteiger partial charge is 0.469 e. The lowest BCUT2D eigenvalue weighted by Gasteiger charge is -2.08. The number of esters is 1. The van der Waals surface area contributed by atoms with E-state index in [9.17, 15) is 4.79 Å². The van der Waals surface area contributed by atoms with Crippen LogP contribution in [0.4, 0.5) is 0 Å². The zero-order valence-electron chi connectivity index (χ0n) is 9.36. The van der Waals surface area contributed by atoms with Gasteiger partial charge in [0.05, 0.1) is 19.3 Å². The van der Waals surface area contributed by atoms with Gasteiger partial charge in [0.1, 0.15) is 5.76 Å². The van der Waals surface area contributed by atoms with E-state index in [-0.39, 0.29) is 11.9 Å². The molecule has 1 unspecified atom stereocenters. The Kier molecular flexibility index (Phi) is 4.95. The van der Waals surface area contributed by atoms with Crippen LogP contribution in [0.25, 0.3) is 0 Å². The monoisotopic (exact) mass is 210 g/mol. The SMILES string of the molecule is CCCCOC(=O)CC(C)c1ccco1. The zero-order chi connectivity index (χ0) is 11.1. The minimum absolute atomic E-state index is 0.0918. The Bertz CT molecular complexity index is 277. The first kappa shape index (κ1) is 11.8. The van der Waals surface area contributed by atoms with Gasteiger partial charge in [-0.2, -0.15) is 0 Å². The lowest BCUT2D eigenvalue weighted by molar-refractivity contribution is -0.144. The molecule has 15 heavy (non-hydrogen) atoms. The third-order valence-electron chi connectivity index (χ3n) is 2.26. The second-order valence-corrected chi connectivity index (χ2v) is 3.69. The molecular weight excluding hydrogens is 192 g/mol. The lowest BCUT2D eigenvalue weighted by atomic mass is 10.1. The molecule has 84 valence electrons. The van der Waals surface area contributed by atoms with Gasteiger partial charge in [0, 0.05) is 5.92 Å². The van der Waals surface area contributed by atoms with E-state index >= 15 is 0 Å². The van der Waals surface area contributed by atoms with Gasteiger partial charge in [-0.05, 0) is 18.6 Å². The quantitative estimate of drug-likeness (QED) is 0.535. The van der Waals surface area contributed by atoms with E-state index in [0.717, 1.165) is 18.6 Å². The maximum atomic E-state index is 11.4. The third kappa shape index (κ3) is 4.19. The van der Waals surface area contributed by atoms with E-state index in [1.54, 1.807) is 6.26 Å². The average Bonchev–Trinajstić information content (AvgIpc) is 2.70. The number of rotatable bonds is 6. The molecule has 0 aliphatic carbocycles. The molecule has 0 amide bonds. The molecule has 0 aliphatic heterocycles. The highest BCUT2D eigenvalue weighted by atomic mass is 16.5. The molecule has 1 atom stereocenters. The average molecular weight is 210 g/mol. The van der Waals surface area contributed by atoms with Crippen molar-refractivity contribution in [1.29, 1.82) is 0 Å². The number of unbranched alkanes of at least 4 members (excludes halogenated alkanes) is 1. The Balaban J connectivity index is 2.26. The van der Waals surface area contributed by atoms with E-state index in [1.165, 1.54) is 0 Å². The van der Waals surface area contributed by atoms with Crippen molar-refractivity contribution in [3.05, 3.63) is 24.2 Å². The molecule has 0 aromatic carbocycles. The van der Waals surface area contributed by atoms with Crippen molar-refractivity contribution in [3.8, 4) is 0 Å². The normalized spacial score (nSPS) is 12.4. The van der Waals surface area contributed by atoms with Gasteiger partial charge in [0.2, 0.25) is 0 Å². The molecule has 1 aromatic rings. The maximum Gasteiger partial charge on any atom is 0.306 e. The first-order valence-corrected chi connectivity index (χ1v) is 5.43. The van der Waals surface area contributed by atoms with Gasteiger partial charge in [-0.15, -0.1) is 0 Å². The Labute approximate surface area is 90.4 Å². The fraction of sp³-hybridized carbons (Fsp3) is 0.583. The molecule has 0 bridgehead atoms. The first-order chi connectivity index (χ1) is 7.24. The van der Waals surface area contributed by atoms with Crippen LogP contribution in [-0.2, 0) is 9.53 Å². The fourth-order valence-electron chi connectivity index (χ4n) is 1.31. The van der Waals surface area contributed by atoms with E-state index < -0.39 is 0 Å². The van der Waals surface area contributed by atoms with Crippen molar-refractivity contribution in [3.63, 3.8) is 0 Å². The summed E-state index contributed by atoms with van der Waals surface area (Å²) in [6.07, 6.45) is 3.98. The van der Waals surface area contributed by atoms with Crippen molar-refractivity contribution in [2.75, 3.05) is 6.61 Å². The molecule has 1 heterocycles. The van der Waals surface area contributed by atoms with Gasteiger partial charge in [-0.1, -0.05) is 20.3 Å². The molecular formula is C12H18O3. The highest BCUT2D eigenvalue weighted by molar-refractivity contribution is 5.70. The number of furan rings is 1. The molecule has 1 rings (SSSR count). The number of ether oxygens (including phenoxy) is 1. The predicted molar refractivity (Wildman–Crippen MR) is 57.6 cm³/mol. The summed E-state index contributed by atoms with van der Waals surface area (Å²) >= 11 is 0. The van der Waals surface area contributed by atoms with E-state index in [4.69, 9.17) is 9.15 Å². The summed E-state index contributed by atoms with van der Waals surface area (Å²) in [5.74, 6) is 0.781. The van der Waals surface area contributed by atoms with Gasteiger partial charge >= 0.3 is 5.97 Å². The smallest absolute Gasteiger partial charge is 0.306 e. The standard InChI is InChI=1S/C12H18O3/c1-3-4-7-15-12(13)9-10(2)11-6-5-8-14-11/h5-6,8,10H,3-4,7,9H2,1-2H3. The van der Waals surface area contributed by atoms with Gasteiger partial charge in [-0.25, -0.2) is 0 Å².